The standard InChI is InChI=1S/C16H27/c1-6-9-15(4)12-8-13-16(5)11-7-10-14(2)3/h2,11-12H,6-10,13H2,1,3-5H3/b14-2?,15-12+,16-11+. The molecule has 0 amide bonds. The van der Waals surface area contributed by atoms with Crippen LogP contribution in [0.25, 0.3) is 0 Å². The fourth-order valence-electron chi connectivity index (χ4n) is 1.69. The highest BCUT2D eigenvalue weighted by Gasteiger charge is 1.91. The average molecular weight is 219 g/mol. The van der Waals surface area contributed by atoms with Crippen LogP contribution >= 0.6 is 0 Å². The molecule has 0 aromatic carbocycles. The lowest BCUT2D eigenvalue weighted by molar-refractivity contribution is 0.876. The predicted molar refractivity (Wildman–Crippen MR) is 74.4 cm³/mol. The first kappa shape index (κ1) is 15.2. The van der Waals surface area contributed by atoms with Crippen molar-refractivity contribution in [2.24, 2.45) is 0 Å². The van der Waals surface area contributed by atoms with E-state index in [9.17, 15) is 0 Å². The summed E-state index contributed by atoms with van der Waals surface area (Å²) in [5.74, 6) is 0. The Kier molecular flexibility index (Phi) is 8.99. The van der Waals surface area contributed by atoms with Gasteiger partial charge in [0.15, 0.2) is 0 Å². The quantitative estimate of drug-likeness (QED) is 0.465. The van der Waals surface area contributed by atoms with Gasteiger partial charge in [-0.3, -0.25) is 0 Å². The van der Waals surface area contributed by atoms with Crippen molar-refractivity contribution in [2.75, 3.05) is 0 Å². The highest BCUT2D eigenvalue weighted by atomic mass is 14.0. The van der Waals surface area contributed by atoms with Gasteiger partial charge in [-0.25, -0.2) is 0 Å². The van der Waals surface area contributed by atoms with Crippen LogP contribution in [0.4, 0.5) is 0 Å². The topological polar surface area (TPSA) is 0 Å². The average Bonchev–Trinajstić information content (AvgIpc) is 2.17. The smallest absolute Gasteiger partial charge is 0.0285 e. The van der Waals surface area contributed by atoms with Gasteiger partial charge in [-0.1, -0.05) is 48.8 Å². The zero-order valence-electron chi connectivity index (χ0n) is 11.5. The molecular weight excluding hydrogens is 192 g/mol. The monoisotopic (exact) mass is 219 g/mol. The van der Waals surface area contributed by atoms with Crippen LogP contribution in [-0.2, 0) is 0 Å². The summed E-state index contributed by atoms with van der Waals surface area (Å²) in [5, 5.41) is 0. The minimum Gasteiger partial charge on any atom is -0.0853 e. The van der Waals surface area contributed by atoms with E-state index in [-0.39, 0.29) is 0 Å². The zero-order valence-corrected chi connectivity index (χ0v) is 11.5. The van der Waals surface area contributed by atoms with E-state index in [1.54, 1.807) is 0 Å². The second kappa shape index (κ2) is 9.45. The Hall–Kier alpha value is -0.780. The van der Waals surface area contributed by atoms with E-state index in [1.807, 2.05) is 6.92 Å². The van der Waals surface area contributed by atoms with E-state index in [1.165, 1.54) is 36.8 Å². The lowest BCUT2D eigenvalue weighted by Crippen LogP contribution is -1.80. The number of hydrogen-bond donors (Lipinski definition) is 0. The van der Waals surface area contributed by atoms with Crippen molar-refractivity contribution in [1.29, 1.82) is 0 Å². The summed E-state index contributed by atoms with van der Waals surface area (Å²) >= 11 is 0. The van der Waals surface area contributed by atoms with Crippen molar-refractivity contribution in [1.82, 2.24) is 0 Å². The summed E-state index contributed by atoms with van der Waals surface area (Å²) in [6.45, 7) is 14.3. The molecule has 0 aromatic rings. The summed E-state index contributed by atoms with van der Waals surface area (Å²) in [4.78, 5) is 0. The minimum atomic E-state index is 1.02. The molecule has 0 saturated heterocycles. The Morgan fingerprint density at radius 3 is 1.88 bits per heavy atom. The molecule has 0 aromatic heterocycles. The maximum atomic E-state index is 5.63. The molecule has 0 N–H and O–H groups in total. The maximum Gasteiger partial charge on any atom is -0.0285 e. The van der Waals surface area contributed by atoms with Crippen LogP contribution in [0, 0.1) is 6.58 Å². The molecule has 0 bridgehead atoms. The largest absolute Gasteiger partial charge is 0.0853 e. The van der Waals surface area contributed by atoms with E-state index < -0.39 is 0 Å². The van der Waals surface area contributed by atoms with E-state index in [4.69, 9.17) is 6.58 Å². The Morgan fingerprint density at radius 1 is 0.875 bits per heavy atom. The second-order valence-electron chi connectivity index (χ2n) is 4.77. The van der Waals surface area contributed by atoms with Gasteiger partial charge in [0.05, 0.1) is 0 Å². The van der Waals surface area contributed by atoms with E-state index in [0.29, 0.717) is 0 Å². The summed E-state index contributed by atoms with van der Waals surface area (Å²) in [6, 6.07) is 0. The first-order chi connectivity index (χ1) is 7.56. The molecule has 0 nitrogen and oxygen atoms in total. The number of hydrogen-bond acceptors (Lipinski definition) is 0. The van der Waals surface area contributed by atoms with Crippen LogP contribution in [0.1, 0.15) is 66.2 Å². The molecule has 0 aliphatic heterocycles. The fraction of sp³-hybridized carbons (Fsp3) is 0.625. The third kappa shape index (κ3) is 9.76. The lowest BCUT2D eigenvalue weighted by atomic mass is 10.1. The molecule has 0 saturated carbocycles. The van der Waals surface area contributed by atoms with Crippen molar-refractivity contribution in [2.45, 2.75) is 66.2 Å². The maximum absolute atomic E-state index is 5.63. The molecule has 0 heteroatoms. The Bertz CT molecular complexity index is 253. The van der Waals surface area contributed by atoms with Gasteiger partial charge in [0.25, 0.3) is 0 Å². The molecule has 0 heterocycles. The molecule has 0 rings (SSSR count). The highest BCUT2D eigenvalue weighted by molar-refractivity contribution is 5.04. The summed E-state index contributed by atoms with van der Waals surface area (Å²) in [5.41, 5.74) is 4.05. The normalized spacial score (nSPS) is 13.0. The van der Waals surface area contributed by atoms with Crippen LogP contribution in [-0.4, -0.2) is 0 Å². The van der Waals surface area contributed by atoms with Crippen molar-refractivity contribution in [3.8, 4) is 0 Å². The second-order valence-corrected chi connectivity index (χ2v) is 4.77. The van der Waals surface area contributed by atoms with Gasteiger partial charge in [0, 0.05) is 0 Å². The van der Waals surface area contributed by atoms with Crippen molar-refractivity contribution in [3.63, 3.8) is 0 Å². The lowest BCUT2D eigenvalue weighted by Gasteiger charge is -2.01. The first-order valence-corrected chi connectivity index (χ1v) is 6.45. The third-order valence-corrected chi connectivity index (χ3v) is 2.71. The van der Waals surface area contributed by atoms with Gasteiger partial charge >= 0.3 is 0 Å². The van der Waals surface area contributed by atoms with Gasteiger partial charge in [-0.05, 0) is 52.9 Å². The zero-order chi connectivity index (χ0) is 12.4. The predicted octanol–water partition coefficient (Wildman–Crippen LogP) is 5.62. The molecular formula is C16H27. The van der Waals surface area contributed by atoms with Crippen LogP contribution in [0.5, 0.6) is 0 Å². The van der Waals surface area contributed by atoms with Crippen molar-refractivity contribution in [3.05, 3.63) is 35.5 Å². The summed E-state index contributed by atoms with van der Waals surface area (Å²) in [6.07, 6.45) is 11.7. The molecule has 16 heavy (non-hydrogen) atoms. The molecule has 0 aliphatic carbocycles. The van der Waals surface area contributed by atoms with E-state index >= 15 is 0 Å². The fourth-order valence-corrected chi connectivity index (χ4v) is 1.69. The van der Waals surface area contributed by atoms with Crippen LogP contribution < -0.4 is 0 Å². The molecule has 0 unspecified atom stereocenters. The summed E-state index contributed by atoms with van der Waals surface area (Å²) < 4.78 is 0. The number of allylic oxidation sites excluding steroid dienone is 5. The molecule has 0 aliphatic rings. The molecule has 1 radical (unpaired) electrons. The van der Waals surface area contributed by atoms with Crippen LogP contribution in [0.15, 0.2) is 28.9 Å². The van der Waals surface area contributed by atoms with Crippen LogP contribution in [0.2, 0.25) is 0 Å². The van der Waals surface area contributed by atoms with E-state index in [0.717, 1.165) is 18.4 Å². The molecule has 91 valence electrons. The Morgan fingerprint density at radius 2 is 1.38 bits per heavy atom. The Balaban J connectivity index is 3.75. The molecule has 0 spiro atoms. The van der Waals surface area contributed by atoms with Gasteiger partial charge < -0.3 is 0 Å². The van der Waals surface area contributed by atoms with Crippen molar-refractivity contribution < 1.29 is 0 Å². The minimum absolute atomic E-state index is 1.02. The highest BCUT2D eigenvalue weighted by Crippen LogP contribution is 2.11. The SMILES string of the molecule is [CH]=C(C)CC/C=C(\C)CC/C=C(\C)CCC. The summed E-state index contributed by atoms with van der Waals surface area (Å²) in [7, 11) is 0. The van der Waals surface area contributed by atoms with Gasteiger partial charge in [0.2, 0.25) is 0 Å². The Labute approximate surface area is 102 Å². The van der Waals surface area contributed by atoms with Gasteiger partial charge in [0.1, 0.15) is 0 Å². The van der Waals surface area contributed by atoms with Gasteiger partial charge in [-0.15, -0.1) is 0 Å². The number of rotatable bonds is 8. The van der Waals surface area contributed by atoms with E-state index in [2.05, 4.69) is 32.9 Å². The van der Waals surface area contributed by atoms with Crippen molar-refractivity contribution >= 4 is 0 Å². The molecule has 0 atom stereocenters. The third-order valence-electron chi connectivity index (χ3n) is 2.71. The van der Waals surface area contributed by atoms with Gasteiger partial charge in [-0.2, -0.15) is 0 Å². The van der Waals surface area contributed by atoms with Crippen LogP contribution in [0.3, 0.4) is 0 Å². The molecule has 0 fully saturated rings. The first-order valence-electron chi connectivity index (χ1n) is 6.45.